The molecule has 0 saturated heterocycles. The standard InChI is InChI=1S/C13H19N3O3/c1-8-7-11(15-16(8)2)14-12(17)9-5-3-4-6-10(9)13(18)19/h7,9-10H,3-6H2,1-2H3,(H,18,19)(H,14,15,17). The molecule has 0 aromatic carbocycles. The molecule has 1 fully saturated rings. The van der Waals surface area contributed by atoms with E-state index in [2.05, 4.69) is 10.4 Å². The van der Waals surface area contributed by atoms with Crippen LogP contribution in [-0.2, 0) is 16.6 Å². The number of aryl methyl sites for hydroxylation is 2. The zero-order chi connectivity index (χ0) is 14.0. The van der Waals surface area contributed by atoms with Crippen LogP contribution >= 0.6 is 0 Å². The van der Waals surface area contributed by atoms with Gasteiger partial charge in [-0.05, 0) is 19.8 Å². The Morgan fingerprint density at radius 2 is 2.00 bits per heavy atom. The molecule has 2 atom stereocenters. The molecule has 0 aliphatic heterocycles. The molecule has 19 heavy (non-hydrogen) atoms. The molecule has 1 aromatic heterocycles. The first kappa shape index (κ1) is 13.6. The van der Waals surface area contributed by atoms with Crippen molar-refractivity contribution in [3.63, 3.8) is 0 Å². The number of aromatic nitrogens is 2. The van der Waals surface area contributed by atoms with Gasteiger partial charge in [-0.2, -0.15) is 5.10 Å². The summed E-state index contributed by atoms with van der Waals surface area (Å²) >= 11 is 0. The Hall–Kier alpha value is -1.85. The highest BCUT2D eigenvalue weighted by Gasteiger charge is 2.35. The van der Waals surface area contributed by atoms with Crippen LogP contribution in [0.4, 0.5) is 5.82 Å². The first-order chi connectivity index (χ1) is 8.99. The van der Waals surface area contributed by atoms with Gasteiger partial charge in [0.15, 0.2) is 5.82 Å². The van der Waals surface area contributed by atoms with Crippen molar-refractivity contribution >= 4 is 17.7 Å². The largest absolute Gasteiger partial charge is 0.481 e. The quantitative estimate of drug-likeness (QED) is 0.868. The van der Waals surface area contributed by atoms with Crippen molar-refractivity contribution in [2.24, 2.45) is 18.9 Å². The first-order valence-corrected chi connectivity index (χ1v) is 6.53. The van der Waals surface area contributed by atoms with Gasteiger partial charge < -0.3 is 10.4 Å². The number of anilines is 1. The minimum Gasteiger partial charge on any atom is -0.481 e. The average molecular weight is 265 g/mol. The number of carboxylic acids is 1. The maximum absolute atomic E-state index is 12.2. The van der Waals surface area contributed by atoms with E-state index in [1.807, 2.05) is 6.92 Å². The maximum atomic E-state index is 12.2. The third kappa shape index (κ3) is 2.94. The van der Waals surface area contributed by atoms with Crippen LogP contribution in [0.2, 0.25) is 0 Å². The summed E-state index contributed by atoms with van der Waals surface area (Å²) < 4.78 is 1.67. The second-order valence-corrected chi connectivity index (χ2v) is 5.12. The minimum atomic E-state index is -0.878. The zero-order valence-corrected chi connectivity index (χ0v) is 11.2. The van der Waals surface area contributed by atoms with E-state index in [0.29, 0.717) is 18.7 Å². The first-order valence-electron chi connectivity index (χ1n) is 6.53. The van der Waals surface area contributed by atoms with Gasteiger partial charge in [0.25, 0.3) is 0 Å². The third-order valence-corrected chi connectivity index (χ3v) is 3.78. The van der Waals surface area contributed by atoms with E-state index in [4.69, 9.17) is 0 Å². The van der Waals surface area contributed by atoms with Crippen molar-refractivity contribution in [3.8, 4) is 0 Å². The smallest absolute Gasteiger partial charge is 0.307 e. The van der Waals surface area contributed by atoms with Crippen LogP contribution in [0.3, 0.4) is 0 Å². The van der Waals surface area contributed by atoms with E-state index in [-0.39, 0.29) is 5.91 Å². The summed E-state index contributed by atoms with van der Waals surface area (Å²) in [5.74, 6) is -1.64. The van der Waals surface area contributed by atoms with Gasteiger partial charge in [-0.1, -0.05) is 12.8 Å². The summed E-state index contributed by atoms with van der Waals surface area (Å²) in [5.41, 5.74) is 0.939. The van der Waals surface area contributed by atoms with Gasteiger partial charge in [-0.25, -0.2) is 0 Å². The summed E-state index contributed by atoms with van der Waals surface area (Å²) in [6, 6.07) is 1.77. The summed E-state index contributed by atoms with van der Waals surface area (Å²) in [6.45, 7) is 1.89. The van der Waals surface area contributed by atoms with Crippen LogP contribution in [0.15, 0.2) is 6.07 Å². The fraction of sp³-hybridized carbons (Fsp3) is 0.615. The van der Waals surface area contributed by atoms with Gasteiger partial charge in [0.2, 0.25) is 5.91 Å². The van der Waals surface area contributed by atoms with Gasteiger partial charge in [-0.3, -0.25) is 14.3 Å². The van der Waals surface area contributed by atoms with Gasteiger partial charge in [-0.15, -0.1) is 0 Å². The molecule has 104 valence electrons. The zero-order valence-electron chi connectivity index (χ0n) is 11.2. The lowest BCUT2D eigenvalue weighted by molar-refractivity contribution is -0.147. The van der Waals surface area contributed by atoms with Gasteiger partial charge in [0.05, 0.1) is 11.8 Å². The Balaban J connectivity index is 2.07. The predicted molar refractivity (Wildman–Crippen MR) is 69.7 cm³/mol. The van der Waals surface area contributed by atoms with Gasteiger partial charge in [0, 0.05) is 18.8 Å². The molecule has 1 saturated carbocycles. The van der Waals surface area contributed by atoms with E-state index >= 15 is 0 Å². The lowest BCUT2D eigenvalue weighted by Gasteiger charge is -2.27. The van der Waals surface area contributed by atoms with Crippen molar-refractivity contribution in [3.05, 3.63) is 11.8 Å². The lowest BCUT2D eigenvalue weighted by Crippen LogP contribution is -2.36. The molecular weight excluding hydrogens is 246 g/mol. The number of nitrogens with one attached hydrogen (secondary N) is 1. The lowest BCUT2D eigenvalue weighted by atomic mass is 9.79. The molecule has 1 aliphatic carbocycles. The second kappa shape index (κ2) is 5.42. The molecular formula is C13H19N3O3. The molecule has 2 N–H and O–H groups in total. The van der Waals surface area contributed by atoms with Crippen LogP contribution in [-0.4, -0.2) is 26.8 Å². The Bertz CT molecular complexity index is 476. The average Bonchev–Trinajstić information content (AvgIpc) is 2.68. The number of carbonyl (C=O) groups excluding carboxylic acids is 1. The molecule has 0 spiro atoms. The normalized spacial score (nSPS) is 23.1. The van der Waals surface area contributed by atoms with E-state index in [9.17, 15) is 14.7 Å². The molecule has 1 amide bonds. The number of rotatable bonds is 3. The highest BCUT2D eigenvalue weighted by atomic mass is 16.4. The molecule has 1 aliphatic rings. The van der Waals surface area contributed by atoms with E-state index < -0.39 is 17.8 Å². The SMILES string of the molecule is Cc1cc(NC(=O)C2CCCCC2C(=O)O)nn1C. The summed E-state index contributed by atoms with van der Waals surface area (Å²) in [4.78, 5) is 23.4. The molecule has 2 unspecified atom stereocenters. The number of carboxylic acid groups (broad SMARTS) is 1. The van der Waals surface area contributed by atoms with Gasteiger partial charge in [0.1, 0.15) is 0 Å². The maximum Gasteiger partial charge on any atom is 0.307 e. The highest BCUT2D eigenvalue weighted by Crippen LogP contribution is 2.31. The van der Waals surface area contributed by atoms with Crippen molar-refractivity contribution in [2.45, 2.75) is 32.6 Å². The summed E-state index contributed by atoms with van der Waals surface area (Å²) in [5, 5.41) is 16.0. The minimum absolute atomic E-state index is 0.231. The van der Waals surface area contributed by atoms with Crippen molar-refractivity contribution in [2.75, 3.05) is 5.32 Å². The topological polar surface area (TPSA) is 84.2 Å². The Labute approximate surface area is 111 Å². The van der Waals surface area contributed by atoms with Crippen LogP contribution < -0.4 is 5.32 Å². The Morgan fingerprint density at radius 3 is 2.53 bits per heavy atom. The summed E-state index contributed by atoms with van der Waals surface area (Å²) in [7, 11) is 1.80. The van der Waals surface area contributed by atoms with E-state index in [1.54, 1.807) is 17.8 Å². The molecule has 6 nitrogen and oxygen atoms in total. The molecule has 0 radical (unpaired) electrons. The number of aliphatic carboxylic acids is 1. The Morgan fingerprint density at radius 1 is 1.37 bits per heavy atom. The Kier molecular flexibility index (Phi) is 3.87. The number of carbonyl (C=O) groups is 2. The predicted octanol–water partition coefficient (Wildman–Crippen LogP) is 1.56. The monoisotopic (exact) mass is 265 g/mol. The molecule has 1 heterocycles. The number of amides is 1. The van der Waals surface area contributed by atoms with Crippen molar-refractivity contribution in [1.29, 1.82) is 0 Å². The van der Waals surface area contributed by atoms with Crippen molar-refractivity contribution in [1.82, 2.24) is 9.78 Å². The number of nitrogens with zero attached hydrogens (tertiary/aromatic N) is 2. The molecule has 2 rings (SSSR count). The molecule has 0 bridgehead atoms. The van der Waals surface area contributed by atoms with Crippen LogP contribution in [0.1, 0.15) is 31.4 Å². The fourth-order valence-corrected chi connectivity index (χ4v) is 2.58. The van der Waals surface area contributed by atoms with Crippen LogP contribution in [0.5, 0.6) is 0 Å². The third-order valence-electron chi connectivity index (χ3n) is 3.78. The fourth-order valence-electron chi connectivity index (χ4n) is 2.58. The molecule has 1 aromatic rings. The number of hydrogen-bond donors (Lipinski definition) is 2. The highest BCUT2D eigenvalue weighted by molar-refractivity contribution is 5.94. The molecule has 6 heteroatoms. The van der Waals surface area contributed by atoms with E-state index in [1.165, 1.54) is 0 Å². The number of hydrogen-bond acceptors (Lipinski definition) is 3. The van der Waals surface area contributed by atoms with E-state index in [0.717, 1.165) is 18.5 Å². The van der Waals surface area contributed by atoms with Crippen LogP contribution in [0.25, 0.3) is 0 Å². The van der Waals surface area contributed by atoms with Gasteiger partial charge >= 0.3 is 5.97 Å². The van der Waals surface area contributed by atoms with Crippen LogP contribution in [0, 0.1) is 18.8 Å². The second-order valence-electron chi connectivity index (χ2n) is 5.12. The summed E-state index contributed by atoms with van der Waals surface area (Å²) in [6.07, 6.45) is 3.00. The van der Waals surface area contributed by atoms with Crippen molar-refractivity contribution < 1.29 is 14.7 Å².